The molecule has 2 saturated carbocycles. The molecule has 0 spiro atoms. The summed E-state index contributed by atoms with van der Waals surface area (Å²) >= 11 is 0. The average molecular weight is 690 g/mol. The molecule has 2 amide bonds. The van der Waals surface area contributed by atoms with Gasteiger partial charge in [0.25, 0.3) is 11.8 Å². The van der Waals surface area contributed by atoms with Gasteiger partial charge in [-0.2, -0.15) is 87.8 Å². The molecule has 0 heterocycles. The fourth-order valence-electron chi connectivity index (χ4n) is 3.75. The molecule has 2 aliphatic rings. The molecule has 252 valence electrons. The van der Waals surface area contributed by atoms with Gasteiger partial charge in [0.1, 0.15) is 0 Å². The lowest BCUT2D eigenvalue weighted by molar-refractivity contribution is -0.476. The van der Waals surface area contributed by atoms with Crippen LogP contribution in [0.1, 0.15) is 6.92 Å². The van der Waals surface area contributed by atoms with Gasteiger partial charge in [-0.1, -0.05) is 0 Å². The maximum atomic E-state index is 14.6. The zero-order valence-electron chi connectivity index (χ0n) is 19.4. The zero-order valence-corrected chi connectivity index (χ0v) is 19.4. The molecule has 2 N–H and O–H groups in total. The van der Waals surface area contributed by atoms with Crippen LogP contribution in [0.2, 0.25) is 0 Å². The molecule has 2 rings (SSSR count). The van der Waals surface area contributed by atoms with Crippen LogP contribution >= 0.6 is 0 Å². The fourth-order valence-corrected chi connectivity index (χ4v) is 3.75. The van der Waals surface area contributed by atoms with Crippen molar-refractivity contribution in [1.29, 1.82) is 0 Å². The molecule has 0 saturated heterocycles. The number of nitrogens with one attached hydrogen (secondary N) is 2. The Labute approximate surface area is 220 Å². The maximum absolute atomic E-state index is 14.6. The quantitative estimate of drug-likeness (QED) is 0.380. The molecule has 0 aliphatic heterocycles. The van der Waals surface area contributed by atoms with Gasteiger partial charge in [0.2, 0.25) is 0 Å². The summed E-state index contributed by atoms with van der Waals surface area (Å²) in [5.41, 5.74) is -14.8. The monoisotopic (exact) mass is 690 g/mol. The predicted molar refractivity (Wildman–Crippen MR) is 87.8 cm³/mol. The summed E-state index contributed by atoms with van der Waals surface area (Å²) < 4.78 is 301. The molecule has 43 heavy (non-hydrogen) atoms. The average Bonchev–Trinajstić information content (AvgIpc) is 2.83. The highest BCUT2D eigenvalue weighted by Crippen LogP contribution is 2.71. The minimum absolute atomic E-state index is 0.0645. The van der Waals surface area contributed by atoms with Crippen LogP contribution in [-0.2, 0) is 9.59 Å². The van der Waals surface area contributed by atoms with E-state index in [0.29, 0.717) is 0 Å². The summed E-state index contributed by atoms with van der Waals surface area (Å²) in [7, 11) is 0. The van der Waals surface area contributed by atoms with Gasteiger partial charge in [-0.05, 0) is 6.92 Å². The van der Waals surface area contributed by atoms with E-state index in [0.717, 1.165) is 0 Å². The molecule has 0 radical (unpaired) electrons. The van der Waals surface area contributed by atoms with Crippen LogP contribution in [0, 0.1) is 0 Å². The minimum atomic E-state index is -7.81. The van der Waals surface area contributed by atoms with Gasteiger partial charge in [-0.25, -0.2) is 8.78 Å². The first kappa shape index (κ1) is 36.6. The molecule has 0 bridgehead atoms. The van der Waals surface area contributed by atoms with Crippen molar-refractivity contribution >= 4 is 11.8 Å². The molecule has 2 aliphatic carbocycles. The maximum Gasteiger partial charge on any atom is 0.384 e. The lowest BCUT2D eigenvalue weighted by atomic mass is 9.71. The summed E-state index contributed by atoms with van der Waals surface area (Å²) in [5.74, 6) is -86.1. The zero-order chi connectivity index (χ0) is 34.9. The molecule has 2 fully saturated rings. The van der Waals surface area contributed by atoms with E-state index in [4.69, 9.17) is 0 Å². The largest absolute Gasteiger partial charge is 0.384 e. The van der Waals surface area contributed by atoms with Gasteiger partial charge >= 0.3 is 70.6 Å². The second-order valence-electron chi connectivity index (χ2n) is 9.15. The van der Waals surface area contributed by atoms with E-state index in [9.17, 15) is 106 Å². The number of hydrogen-bond donors (Lipinski definition) is 2. The Bertz CT molecular complexity index is 1120. The van der Waals surface area contributed by atoms with Crippen molar-refractivity contribution in [2.24, 2.45) is 0 Å². The lowest BCUT2D eigenvalue weighted by Gasteiger charge is -2.51. The van der Waals surface area contributed by atoms with E-state index < -0.39 is 95.0 Å². The molecule has 0 aromatic carbocycles. The molecule has 4 nitrogen and oxygen atoms in total. The third-order valence-electron chi connectivity index (χ3n) is 6.46. The Hall–Kier alpha value is -2.60. The van der Waals surface area contributed by atoms with Crippen LogP contribution in [0.15, 0.2) is 0 Å². The van der Waals surface area contributed by atoms with Gasteiger partial charge in [-0.3, -0.25) is 9.59 Å². The smallest absolute Gasteiger partial charge is 0.351 e. The second kappa shape index (κ2) is 8.77. The molecule has 0 aromatic heterocycles. The minimum Gasteiger partial charge on any atom is -0.351 e. The Kier molecular flexibility index (Phi) is 7.46. The number of amides is 2. The van der Waals surface area contributed by atoms with Gasteiger partial charge < -0.3 is 10.6 Å². The van der Waals surface area contributed by atoms with Crippen LogP contribution in [-0.4, -0.2) is 95.0 Å². The standard InChI is InChI=1S/C17H8F22N2O2/c1-3(41-5(43)7(19)10(24,25)14(32,33)17(38,39)15(34,35)11(7,26)27)2-40-4(42)6(18)8(20,21)12(28,29)16(36,37)13(30,31)9(6,22)23/h3H,2H2,1H3,(H,40,42)(H,41,43)/t3-/m1/s1. The molecule has 1 atom stereocenters. The van der Waals surface area contributed by atoms with Crippen LogP contribution in [0.3, 0.4) is 0 Å². The van der Waals surface area contributed by atoms with E-state index in [1.807, 2.05) is 0 Å². The normalized spacial score (nSPS) is 31.2. The van der Waals surface area contributed by atoms with Crippen molar-refractivity contribution < 1.29 is 106 Å². The Balaban J connectivity index is 2.45. The molecule has 0 unspecified atom stereocenters. The molecular weight excluding hydrogens is 682 g/mol. The third kappa shape index (κ3) is 3.45. The first-order valence-electron chi connectivity index (χ1n) is 10.2. The van der Waals surface area contributed by atoms with E-state index in [1.165, 1.54) is 0 Å². The predicted octanol–water partition coefficient (Wildman–Crippen LogP) is 5.40. The first-order valence-corrected chi connectivity index (χ1v) is 10.2. The number of rotatable bonds is 5. The number of carbonyl (C=O) groups excluding carboxylic acids is 2. The number of hydrogen-bond acceptors (Lipinski definition) is 2. The lowest BCUT2D eigenvalue weighted by Crippen LogP contribution is -2.86. The van der Waals surface area contributed by atoms with Crippen molar-refractivity contribution in [3.8, 4) is 0 Å². The molecule has 0 aromatic rings. The highest BCUT2D eigenvalue weighted by molar-refractivity contribution is 5.90. The molecule has 26 heteroatoms. The summed E-state index contributed by atoms with van der Waals surface area (Å²) in [5, 5.41) is 0.449. The van der Waals surface area contributed by atoms with Crippen LogP contribution in [0.25, 0.3) is 0 Å². The summed E-state index contributed by atoms with van der Waals surface area (Å²) in [6.07, 6.45) is 0. The van der Waals surface area contributed by atoms with Crippen LogP contribution in [0.5, 0.6) is 0 Å². The van der Waals surface area contributed by atoms with Crippen LogP contribution in [0.4, 0.5) is 96.6 Å². The van der Waals surface area contributed by atoms with E-state index in [2.05, 4.69) is 0 Å². The van der Waals surface area contributed by atoms with E-state index in [-0.39, 0.29) is 17.6 Å². The SMILES string of the molecule is C[C@H](CNC(=O)C1(F)C(F)(F)C(F)(F)C(F)(F)C(F)(F)C1(F)F)NC(=O)C1(F)C(F)(F)C(F)(F)C(F)(F)C(F)(F)C1(F)F. The van der Waals surface area contributed by atoms with Gasteiger partial charge in [0.05, 0.1) is 0 Å². The van der Waals surface area contributed by atoms with Gasteiger partial charge in [0, 0.05) is 12.6 Å². The second-order valence-corrected chi connectivity index (χ2v) is 9.15. The topological polar surface area (TPSA) is 58.2 Å². The van der Waals surface area contributed by atoms with Crippen molar-refractivity contribution in [2.45, 2.75) is 83.5 Å². The number of carbonyl (C=O) groups is 2. The summed E-state index contributed by atoms with van der Waals surface area (Å²) in [6, 6.07) is -2.97. The number of alkyl halides is 22. The highest BCUT2D eigenvalue weighted by atomic mass is 19.4. The van der Waals surface area contributed by atoms with Crippen molar-refractivity contribution in [2.75, 3.05) is 6.54 Å². The Morgan fingerprint density at radius 3 is 0.884 bits per heavy atom. The Morgan fingerprint density at radius 2 is 0.628 bits per heavy atom. The molecular formula is C17H8F22N2O2. The third-order valence-corrected chi connectivity index (χ3v) is 6.46. The van der Waals surface area contributed by atoms with Crippen LogP contribution < -0.4 is 10.6 Å². The number of halogens is 22. The first-order chi connectivity index (χ1) is 18.4. The highest BCUT2D eigenvalue weighted by Gasteiger charge is 3.04. The van der Waals surface area contributed by atoms with Crippen molar-refractivity contribution in [1.82, 2.24) is 10.6 Å². The Morgan fingerprint density at radius 1 is 0.419 bits per heavy atom. The van der Waals surface area contributed by atoms with Crippen molar-refractivity contribution in [3.63, 3.8) is 0 Å². The van der Waals surface area contributed by atoms with Gasteiger partial charge in [-0.15, -0.1) is 0 Å². The summed E-state index contributed by atoms with van der Waals surface area (Å²) in [4.78, 5) is 23.4. The van der Waals surface area contributed by atoms with E-state index >= 15 is 0 Å². The van der Waals surface area contributed by atoms with Gasteiger partial charge in [0.15, 0.2) is 0 Å². The summed E-state index contributed by atoms with van der Waals surface area (Å²) in [6.45, 7) is -2.43. The van der Waals surface area contributed by atoms with Crippen molar-refractivity contribution in [3.05, 3.63) is 0 Å². The fraction of sp³-hybridized carbons (Fsp3) is 0.882. The van der Waals surface area contributed by atoms with E-state index in [1.54, 1.807) is 0 Å².